The predicted octanol–water partition coefficient (Wildman–Crippen LogP) is 1.64. The number of amides is 1. The molecule has 0 spiro atoms. The molecular weight excluding hydrogens is 340 g/mol. The Morgan fingerprint density at radius 3 is 2.24 bits per heavy atom. The topological polar surface area (TPSA) is 66.9 Å². The van der Waals surface area contributed by atoms with E-state index in [4.69, 9.17) is 4.74 Å². The molecule has 0 saturated carbocycles. The Balaban J connectivity index is 2.07. The van der Waals surface area contributed by atoms with Crippen molar-refractivity contribution < 1.29 is 17.9 Å². The average Bonchev–Trinajstić information content (AvgIpc) is 2.53. The van der Waals surface area contributed by atoms with E-state index in [9.17, 15) is 13.2 Å². The van der Waals surface area contributed by atoms with Crippen molar-refractivity contribution in [2.24, 2.45) is 0 Å². The lowest BCUT2D eigenvalue weighted by molar-refractivity contribution is -0.131. The second-order valence-corrected chi connectivity index (χ2v) is 9.49. The van der Waals surface area contributed by atoms with Gasteiger partial charge in [-0.1, -0.05) is 32.9 Å². The summed E-state index contributed by atoms with van der Waals surface area (Å²) in [4.78, 5) is 14.3. The molecule has 2 rings (SSSR count). The molecule has 0 N–H and O–H groups in total. The third-order valence-electron chi connectivity index (χ3n) is 4.49. The van der Waals surface area contributed by atoms with E-state index in [1.165, 1.54) is 10.6 Å². The normalized spacial score (nSPS) is 16.8. The van der Waals surface area contributed by atoms with Crippen LogP contribution in [0.2, 0.25) is 0 Å². The molecule has 1 aromatic carbocycles. The summed E-state index contributed by atoms with van der Waals surface area (Å²) in [5.74, 6) is 0.851. The number of methoxy groups -OCH3 is 1. The molecular formula is C18H28N2O4S. The number of hydrogen-bond acceptors (Lipinski definition) is 4. The molecule has 0 aliphatic carbocycles. The third kappa shape index (κ3) is 4.95. The molecule has 1 aliphatic heterocycles. The first-order chi connectivity index (χ1) is 11.5. The van der Waals surface area contributed by atoms with E-state index in [0.29, 0.717) is 32.6 Å². The zero-order valence-electron chi connectivity index (χ0n) is 15.7. The van der Waals surface area contributed by atoms with Gasteiger partial charge in [0.2, 0.25) is 15.9 Å². The Morgan fingerprint density at radius 1 is 1.16 bits per heavy atom. The van der Waals surface area contributed by atoms with Crippen LogP contribution in [-0.4, -0.2) is 63.1 Å². The number of rotatable bonds is 4. The number of sulfonamides is 1. The smallest absolute Gasteiger partial charge is 0.227 e. The lowest BCUT2D eigenvalue weighted by Gasteiger charge is -2.33. The van der Waals surface area contributed by atoms with Gasteiger partial charge in [0.25, 0.3) is 0 Å². The van der Waals surface area contributed by atoms with Gasteiger partial charge in [-0.15, -0.1) is 0 Å². The number of carbonyl (C=O) groups is 1. The molecule has 25 heavy (non-hydrogen) atoms. The van der Waals surface area contributed by atoms with Crippen molar-refractivity contribution in [3.63, 3.8) is 0 Å². The summed E-state index contributed by atoms with van der Waals surface area (Å²) in [6, 6.07) is 5.85. The van der Waals surface area contributed by atoms with Gasteiger partial charge in [-0.3, -0.25) is 4.79 Å². The van der Waals surface area contributed by atoms with Crippen molar-refractivity contribution in [1.29, 1.82) is 0 Å². The molecule has 7 heteroatoms. The van der Waals surface area contributed by atoms with E-state index in [1.54, 1.807) is 12.0 Å². The molecule has 0 radical (unpaired) electrons. The first-order valence-corrected chi connectivity index (χ1v) is 10.3. The van der Waals surface area contributed by atoms with Crippen LogP contribution in [-0.2, 0) is 26.7 Å². The second kappa shape index (κ2) is 7.33. The van der Waals surface area contributed by atoms with Crippen LogP contribution in [0.4, 0.5) is 0 Å². The maximum Gasteiger partial charge on any atom is 0.227 e. The first-order valence-electron chi connectivity index (χ1n) is 8.42. The first kappa shape index (κ1) is 19.7. The summed E-state index contributed by atoms with van der Waals surface area (Å²) >= 11 is 0. The Morgan fingerprint density at radius 2 is 1.76 bits per heavy atom. The van der Waals surface area contributed by atoms with Crippen molar-refractivity contribution in [2.75, 3.05) is 39.5 Å². The summed E-state index contributed by atoms with van der Waals surface area (Å²) in [6.45, 7) is 7.94. The Kier molecular flexibility index (Phi) is 5.79. The van der Waals surface area contributed by atoms with Gasteiger partial charge in [0.1, 0.15) is 5.75 Å². The van der Waals surface area contributed by atoms with Crippen molar-refractivity contribution in [2.45, 2.75) is 32.6 Å². The van der Waals surface area contributed by atoms with Gasteiger partial charge in [0.15, 0.2) is 0 Å². The lowest BCUT2D eigenvalue weighted by Crippen LogP contribution is -2.50. The van der Waals surface area contributed by atoms with Crippen LogP contribution in [0.15, 0.2) is 18.2 Å². The number of hydrogen-bond donors (Lipinski definition) is 0. The highest BCUT2D eigenvalue weighted by molar-refractivity contribution is 7.88. The van der Waals surface area contributed by atoms with Gasteiger partial charge >= 0.3 is 0 Å². The van der Waals surface area contributed by atoms with Crippen LogP contribution >= 0.6 is 0 Å². The fourth-order valence-corrected chi connectivity index (χ4v) is 3.83. The van der Waals surface area contributed by atoms with Gasteiger partial charge in [-0.05, 0) is 22.6 Å². The summed E-state index contributed by atoms with van der Waals surface area (Å²) in [6.07, 6.45) is 1.52. The van der Waals surface area contributed by atoms with Crippen LogP contribution in [0.5, 0.6) is 5.75 Å². The lowest BCUT2D eigenvalue weighted by atomic mass is 9.85. The molecule has 0 unspecified atom stereocenters. The minimum atomic E-state index is -3.18. The molecule has 6 nitrogen and oxygen atoms in total. The van der Waals surface area contributed by atoms with Crippen LogP contribution in [0, 0.1) is 0 Å². The summed E-state index contributed by atoms with van der Waals surface area (Å²) < 4.78 is 30.0. The number of ether oxygens (including phenoxy) is 1. The van der Waals surface area contributed by atoms with Crippen LogP contribution in [0.25, 0.3) is 0 Å². The number of piperazine rings is 1. The summed E-state index contributed by atoms with van der Waals surface area (Å²) in [5, 5.41) is 0. The summed E-state index contributed by atoms with van der Waals surface area (Å²) in [5.41, 5.74) is 1.94. The molecule has 1 saturated heterocycles. The molecule has 0 aromatic heterocycles. The number of carbonyl (C=O) groups excluding carboxylic acids is 1. The fraction of sp³-hybridized carbons (Fsp3) is 0.611. The third-order valence-corrected chi connectivity index (χ3v) is 5.79. The minimum absolute atomic E-state index is 0.0261. The highest BCUT2D eigenvalue weighted by Gasteiger charge is 2.26. The van der Waals surface area contributed by atoms with Crippen LogP contribution < -0.4 is 4.74 Å². The van der Waals surface area contributed by atoms with Gasteiger partial charge in [-0.2, -0.15) is 4.31 Å². The molecule has 0 atom stereocenters. The molecule has 1 heterocycles. The van der Waals surface area contributed by atoms with E-state index < -0.39 is 10.0 Å². The molecule has 1 aromatic rings. The van der Waals surface area contributed by atoms with Crippen LogP contribution in [0.3, 0.4) is 0 Å². The molecule has 1 fully saturated rings. The van der Waals surface area contributed by atoms with Gasteiger partial charge in [0, 0.05) is 26.2 Å². The molecule has 1 aliphatic rings. The van der Waals surface area contributed by atoms with Gasteiger partial charge < -0.3 is 9.64 Å². The van der Waals surface area contributed by atoms with E-state index in [-0.39, 0.29) is 11.3 Å². The maximum absolute atomic E-state index is 12.6. The molecule has 0 bridgehead atoms. The van der Waals surface area contributed by atoms with E-state index >= 15 is 0 Å². The fourth-order valence-electron chi connectivity index (χ4n) is 3.01. The summed E-state index contributed by atoms with van der Waals surface area (Å²) in [7, 11) is -1.53. The van der Waals surface area contributed by atoms with Crippen molar-refractivity contribution in [1.82, 2.24) is 9.21 Å². The van der Waals surface area contributed by atoms with Crippen LogP contribution in [0.1, 0.15) is 31.9 Å². The highest BCUT2D eigenvalue weighted by Crippen LogP contribution is 2.32. The number of nitrogens with zero attached hydrogens (tertiary/aromatic N) is 2. The molecule has 140 valence electrons. The maximum atomic E-state index is 12.6. The highest BCUT2D eigenvalue weighted by atomic mass is 32.2. The predicted molar refractivity (Wildman–Crippen MR) is 98.4 cm³/mol. The Bertz CT molecular complexity index is 730. The van der Waals surface area contributed by atoms with E-state index in [2.05, 4.69) is 20.8 Å². The monoisotopic (exact) mass is 368 g/mol. The minimum Gasteiger partial charge on any atom is -0.496 e. The largest absolute Gasteiger partial charge is 0.496 e. The van der Waals surface area contributed by atoms with Gasteiger partial charge in [0.05, 0.1) is 19.8 Å². The standard InChI is InChI=1S/C18H28N2O4S/c1-18(2,3)15-12-14(6-7-16(15)24-4)13-17(21)19-8-10-20(11-9-19)25(5,22)23/h6-7,12H,8-11,13H2,1-5H3. The number of benzene rings is 1. The van der Waals surface area contributed by atoms with Crippen molar-refractivity contribution in [3.05, 3.63) is 29.3 Å². The Hall–Kier alpha value is -1.60. The van der Waals surface area contributed by atoms with Crippen molar-refractivity contribution >= 4 is 15.9 Å². The van der Waals surface area contributed by atoms with E-state index in [0.717, 1.165) is 16.9 Å². The second-order valence-electron chi connectivity index (χ2n) is 7.50. The Labute approximate surface area is 150 Å². The van der Waals surface area contributed by atoms with E-state index in [1.807, 2.05) is 18.2 Å². The quantitative estimate of drug-likeness (QED) is 0.810. The zero-order valence-corrected chi connectivity index (χ0v) is 16.5. The molecule has 1 amide bonds. The SMILES string of the molecule is COc1ccc(CC(=O)N2CCN(S(C)(=O)=O)CC2)cc1C(C)(C)C. The average molecular weight is 368 g/mol. The van der Waals surface area contributed by atoms with Gasteiger partial charge in [-0.25, -0.2) is 8.42 Å². The van der Waals surface area contributed by atoms with Crippen molar-refractivity contribution in [3.8, 4) is 5.75 Å². The zero-order chi connectivity index (χ0) is 18.8.